The SMILES string of the molecule is CC(=O)OC(C(=O)Nc1cnc(C)nc1N)c1ccccc1. The van der Waals surface area contributed by atoms with Gasteiger partial charge < -0.3 is 15.8 Å². The summed E-state index contributed by atoms with van der Waals surface area (Å²) in [6, 6.07) is 8.70. The van der Waals surface area contributed by atoms with Crippen LogP contribution in [0.4, 0.5) is 11.5 Å². The van der Waals surface area contributed by atoms with Crippen molar-refractivity contribution in [1.82, 2.24) is 9.97 Å². The van der Waals surface area contributed by atoms with Crippen LogP contribution in [0.25, 0.3) is 0 Å². The Kier molecular flexibility index (Phi) is 4.67. The van der Waals surface area contributed by atoms with Crippen molar-refractivity contribution >= 4 is 23.4 Å². The van der Waals surface area contributed by atoms with Crippen LogP contribution in [0, 0.1) is 6.92 Å². The van der Waals surface area contributed by atoms with Crippen molar-refractivity contribution in [1.29, 1.82) is 0 Å². The number of aromatic nitrogens is 2. The predicted molar refractivity (Wildman–Crippen MR) is 80.8 cm³/mol. The zero-order valence-electron chi connectivity index (χ0n) is 12.2. The monoisotopic (exact) mass is 300 g/mol. The molecule has 7 nitrogen and oxygen atoms in total. The summed E-state index contributed by atoms with van der Waals surface area (Å²) in [7, 11) is 0. The zero-order chi connectivity index (χ0) is 16.1. The molecule has 0 saturated heterocycles. The number of nitrogens with one attached hydrogen (secondary N) is 1. The van der Waals surface area contributed by atoms with E-state index in [9.17, 15) is 9.59 Å². The van der Waals surface area contributed by atoms with Gasteiger partial charge in [0.15, 0.2) is 5.82 Å². The molecule has 2 rings (SSSR count). The third-order valence-corrected chi connectivity index (χ3v) is 2.82. The lowest BCUT2D eigenvalue weighted by Gasteiger charge is -2.17. The average molecular weight is 300 g/mol. The highest BCUT2D eigenvalue weighted by Gasteiger charge is 2.24. The van der Waals surface area contributed by atoms with E-state index >= 15 is 0 Å². The molecule has 0 fully saturated rings. The van der Waals surface area contributed by atoms with Gasteiger partial charge in [0, 0.05) is 12.5 Å². The highest BCUT2D eigenvalue weighted by Crippen LogP contribution is 2.21. The molecule has 0 aliphatic rings. The summed E-state index contributed by atoms with van der Waals surface area (Å²) >= 11 is 0. The summed E-state index contributed by atoms with van der Waals surface area (Å²) in [5, 5.41) is 2.58. The Morgan fingerprint density at radius 1 is 1.27 bits per heavy atom. The number of rotatable bonds is 4. The van der Waals surface area contributed by atoms with Crippen molar-refractivity contribution in [3.05, 3.63) is 47.9 Å². The van der Waals surface area contributed by atoms with Gasteiger partial charge in [-0.2, -0.15) is 0 Å². The largest absolute Gasteiger partial charge is 0.447 e. The first-order valence-corrected chi connectivity index (χ1v) is 6.59. The summed E-state index contributed by atoms with van der Waals surface area (Å²) in [5.74, 6) is -0.441. The summed E-state index contributed by atoms with van der Waals surface area (Å²) < 4.78 is 5.10. The van der Waals surface area contributed by atoms with Crippen LogP contribution in [0.3, 0.4) is 0 Å². The third kappa shape index (κ3) is 3.78. The molecule has 0 spiro atoms. The molecule has 0 saturated carbocycles. The molecular formula is C15H16N4O3. The molecule has 1 aromatic carbocycles. The van der Waals surface area contributed by atoms with Gasteiger partial charge in [0.05, 0.1) is 6.20 Å². The number of benzene rings is 1. The Hall–Kier alpha value is -2.96. The second-order valence-corrected chi connectivity index (χ2v) is 4.61. The first-order valence-electron chi connectivity index (χ1n) is 6.59. The summed E-state index contributed by atoms with van der Waals surface area (Å²) in [4.78, 5) is 31.6. The molecule has 1 unspecified atom stereocenters. The topological polar surface area (TPSA) is 107 Å². The van der Waals surface area contributed by atoms with E-state index in [1.807, 2.05) is 0 Å². The number of nitrogens with two attached hydrogens (primary N) is 1. The summed E-state index contributed by atoms with van der Waals surface area (Å²) in [6.07, 6.45) is 0.338. The Morgan fingerprint density at radius 2 is 1.95 bits per heavy atom. The van der Waals surface area contributed by atoms with Crippen molar-refractivity contribution in [3.63, 3.8) is 0 Å². The van der Waals surface area contributed by atoms with Crippen LogP contribution in [0.1, 0.15) is 24.4 Å². The number of carbonyl (C=O) groups is 2. The van der Waals surface area contributed by atoms with E-state index in [-0.39, 0.29) is 11.5 Å². The smallest absolute Gasteiger partial charge is 0.303 e. The molecule has 1 atom stereocenters. The minimum absolute atomic E-state index is 0.149. The number of carbonyl (C=O) groups excluding carboxylic acids is 2. The minimum Gasteiger partial charge on any atom is -0.447 e. The Balaban J connectivity index is 2.24. The number of hydrogen-bond acceptors (Lipinski definition) is 6. The number of amides is 1. The molecule has 1 heterocycles. The fraction of sp³-hybridized carbons (Fsp3) is 0.200. The van der Waals surface area contributed by atoms with E-state index in [1.54, 1.807) is 37.3 Å². The number of nitrogen functional groups attached to an aromatic ring is 1. The summed E-state index contributed by atoms with van der Waals surface area (Å²) in [5.41, 5.74) is 6.56. The molecule has 0 aliphatic heterocycles. The number of anilines is 2. The van der Waals surface area contributed by atoms with E-state index in [1.165, 1.54) is 13.1 Å². The van der Waals surface area contributed by atoms with E-state index < -0.39 is 18.0 Å². The van der Waals surface area contributed by atoms with Crippen LogP contribution in [-0.2, 0) is 14.3 Å². The number of aryl methyl sites for hydroxylation is 1. The lowest BCUT2D eigenvalue weighted by atomic mass is 10.1. The second-order valence-electron chi connectivity index (χ2n) is 4.61. The van der Waals surface area contributed by atoms with Gasteiger partial charge in [0.1, 0.15) is 11.5 Å². The number of ether oxygens (including phenoxy) is 1. The lowest BCUT2D eigenvalue weighted by Crippen LogP contribution is -2.25. The van der Waals surface area contributed by atoms with Crippen LogP contribution in [0.2, 0.25) is 0 Å². The first kappa shape index (κ1) is 15.4. The van der Waals surface area contributed by atoms with Crippen molar-refractivity contribution in [2.75, 3.05) is 11.1 Å². The van der Waals surface area contributed by atoms with E-state index in [4.69, 9.17) is 10.5 Å². The second kappa shape index (κ2) is 6.66. The van der Waals surface area contributed by atoms with Gasteiger partial charge in [-0.05, 0) is 6.92 Å². The van der Waals surface area contributed by atoms with Gasteiger partial charge in [-0.15, -0.1) is 0 Å². The van der Waals surface area contributed by atoms with Gasteiger partial charge in [-0.1, -0.05) is 30.3 Å². The van der Waals surface area contributed by atoms with Crippen molar-refractivity contribution < 1.29 is 14.3 Å². The molecule has 2 aromatic rings. The molecule has 0 aliphatic carbocycles. The average Bonchev–Trinajstić information content (AvgIpc) is 2.48. The highest BCUT2D eigenvalue weighted by atomic mass is 16.5. The van der Waals surface area contributed by atoms with Crippen LogP contribution < -0.4 is 11.1 Å². The maximum absolute atomic E-state index is 12.4. The highest BCUT2D eigenvalue weighted by molar-refractivity contribution is 5.97. The Labute approximate surface area is 127 Å². The molecule has 3 N–H and O–H groups in total. The molecule has 114 valence electrons. The quantitative estimate of drug-likeness (QED) is 0.831. The van der Waals surface area contributed by atoms with Crippen molar-refractivity contribution in [3.8, 4) is 0 Å². The molecule has 1 amide bonds. The van der Waals surface area contributed by atoms with Crippen LogP contribution in [0.15, 0.2) is 36.5 Å². The van der Waals surface area contributed by atoms with Gasteiger partial charge >= 0.3 is 5.97 Å². The van der Waals surface area contributed by atoms with Crippen LogP contribution in [0.5, 0.6) is 0 Å². The van der Waals surface area contributed by atoms with Gasteiger partial charge in [0.2, 0.25) is 6.10 Å². The number of esters is 1. The standard InChI is InChI=1S/C15H16N4O3/c1-9-17-8-12(14(16)18-9)19-15(21)13(22-10(2)20)11-6-4-3-5-7-11/h3-8,13H,1-2H3,(H,19,21)(H2,16,17,18). The molecule has 7 heteroatoms. The van der Waals surface area contributed by atoms with Gasteiger partial charge in [-0.25, -0.2) is 9.97 Å². The predicted octanol–water partition coefficient (Wildman–Crippen LogP) is 1.61. The van der Waals surface area contributed by atoms with E-state index in [2.05, 4.69) is 15.3 Å². The fourth-order valence-electron chi connectivity index (χ4n) is 1.85. The van der Waals surface area contributed by atoms with Gasteiger partial charge in [0.25, 0.3) is 5.91 Å². The minimum atomic E-state index is -1.07. The maximum atomic E-state index is 12.4. The maximum Gasteiger partial charge on any atom is 0.303 e. The fourth-order valence-corrected chi connectivity index (χ4v) is 1.85. The first-order chi connectivity index (χ1) is 10.5. The van der Waals surface area contributed by atoms with Crippen LogP contribution >= 0.6 is 0 Å². The van der Waals surface area contributed by atoms with E-state index in [0.29, 0.717) is 11.4 Å². The molecule has 0 radical (unpaired) electrons. The molecule has 22 heavy (non-hydrogen) atoms. The van der Waals surface area contributed by atoms with Crippen molar-refractivity contribution in [2.45, 2.75) is 20.0 Å². The third-order valence-electron chi connectivity index (χ3n) is 2.82. The van der Waals surface area contributed by atoms with Crippen LogP contribution in [-0.4, -0.2) is 21.8 Å². The Bertz CT molecular complexity index is 688. The molecule has 1 aromatic heterocycles. The molecule has 0 bridgehead atoms. The Morgan fingerprint density at radius 3 is 2.55 bits per heavy atom. The molecular weight excluding hydrogens is 284 g/mol. The lowest BCUT2D eigenvalue weighted by molar-refractivity contribution is -0.152. The number of nitrogens with zero attached hydrogens (tertiary/aromatic N) is 2. The number of hydrogen-bond donors (Lipinski definition) is 2. The van der Waals surface area contributed by atoms with Crippen molar-refractivity contribution in [2.24, 2.45) is 0 Å². The zero-order valence-corrected chi connectivity index (χ0v) is 12.2. The van der Waals surface area contributed by atoms with E-state index in [0.717, 1.165) is 0 Å². The normalized spacial score (nSPS) is 11.5. The van der Waals surface area contributed by atoms with Gasteiger partial charge in [-0.3, -0.25) is 9.59 Å². The summed E-state index contributed by atoms with van der Waals surface area (Å²) in [6.45, 7) is 2.93.